The second-order valence-corrected chi connectivity index (χ2v) is 5.59. The number of halogens is 1. The van der Waals surface area contributed by atoms with Crippen molar-refractivity contribution in [2.45, 2.75) is 19.9 Å². The van der Waals surface area contributed by atoms with Crippen molar-refractivity contribution >= 4 is 22.6 Å². The third kappa shape index (κ3) is 4.51. The molecule has 0 saturated carbocycles. The molecule has 0 unspecified atom stereocenters. The first kappa shape index (κ1) is 14.3. The Balaban J connectivity index is 2.11. The van der Waals surface area contributed by atoms with Crippen LogP contribution in [0.2, 0.25) is 0 Å². The summed E-state index contributed by atoms with van der Waals surface area (Å²) in [4.78, 5) is 0. The highest BCUT2D eigenvalue weighted by atomic mass is 127. The number of hydrogen-bond donors (Lipinski definition) is 1. The summed E-state index contributed by atoms with van der Waals surface area (Å²) >= 11 is 2.29. The first-order valence-electron chi connectivity index (χ1n) is 6.51. The number of benzene rings is 2. The predicted molar refractivity (Wildman–Crippen MR) is 87.7 cm³/mol. The molecular weight excluding hydrogens is 349 g/mol. The van der Waals surface area contributed by atoms with E-state index in [2.05, 4.69) is 47.0 Å². The zero-order chi connectivity index (χ0) is 13.5. The van der Waals surface area contributed by atoms with Gasteiger partial charge in [0.2, 0.25) is 0 Å². The molecule has 0 fully saturated rings. The summed E-state index contributed by atoms with van der Waals surface area (Å²) in [5.74, 6) is 1.81. The van der Waals surface area contributed by atoms with Crippen LogP contribution in [0.3, 0.4) is 0 Å². The van der Waals surface area contributed by atoms with Crippen LogP contribution in [0.1, 0.15) is 18.9 Å². The van der Waals surface area contributed by atoms with Crippen LogP contribution in [-0.4, -0.2) is 6.54 Å². The molecule has 1 N–H and O–H groups in total. The molecule has 0 aromatic heterocycles. The fourth-order valence-corrected chi connectivity index (χ4v) is 2.32. The second kappa shape index (κ2) is 7.50. The topological polar surface area (TPSA) is 21.3 Å². The SMILES string of the molecule is CCCNCc1ccccc1Oc1cccc(I)c1. The van der Waals surface area contributed by atoms with Gasteiger partial charge in [0, 0.05) is 15.7 Å². The van der Waals surface area contributed by atoms with E-state index < -0.39 is 0 Å². The highest BCUT2D eigenvalue weighted by Gasteiger charge is 2.04. The van der Waals surface area contributed by atoms with Crippen molar-refractivity contribution in [1.82, 2.24) is 5.32 Å². The van der Waals surface area contributed by atoms with E-state index in [4.69, 9.17) is 4.74 Å². The fraction of sp³-hybridized carbons (Fsp3) is 0.250. The Hall–Kier alpha value is -1.07. The van der Waals surface area contributed by atoms with Crippen LogP contribution < -0.4 is 10.1 Å². The first-order valence-corrected chi connectivity index (χ1v) is 7.59. The van der Waals surface area contributed by atoms with Gasteiger partial charge in [-0.15, -0.1) is 0 Å². The lowest BCUT2D eigenvalue weighted by Gasteiger charge is -2.11. The van der Waals surface area contributed by atoms with Gasteiger partial charge >= 0.3 is 0 Å². The maximum atomic E-state index is 5.98. The molecule has 2 nitrogen and oxygen atoms in total. The van der Waals surface area contributed by atoms with Gasteiger partial charge in [0.15, 0.2) is 0 Å². The smallest absolute Gasteiger partial charge is 0.131 e. The van der Waals surface area contributed by atoms with E-state index in [0.717, 1.165) is 31.0 Å². The molecule has 0 aliphatic carbocycles. The van der Waals surface area contributed by atoms with Crippen LogP contribution in [-0.2, 0) is 6.54 Å². The van der Waals surface area contributed by atoms with Crippen LogP contribution in [0.4, 0.5) is 0 Å². The van der Waals surface area contributed by atoms with Crippen molar-refractivity contribution in [1.29, 1.82) is 0 Å². The van der Waals surface area contributed by atoms with Gasteiger partial charge in [-0.3, -0.25) is 0 Å². The fourth-order valence-electron chi connectivity index (χ4n) is 1.81. The monoisotopic (exact) mass is 367 g/mol. The third-order valence-corrected chi connectivity index (χ3v) is 3.41. The standard InChI is InChI=1S/C16H18INO/c1-2-10-18-12-13-6-3-4-9-16(13)19-15-8-5-7-14(17)11-15/h3-9,11,18H,2,10,12H2,1H3. The van der Waals surface area contributed by atoms with Crippen LogP contribution in [0.15, 0.2) is 48.5 Å². The molecule has 0 atom stereocenters. The zero-order valence-electron chi connectivity index (χ0n) is 11.0. The lowest BCUT2D eigenvalue weighted by molar-refractivity contribution is 0.472. The van der Waals surface area contributed by atoms with Gasteiger partial charge in [-0.2, -0.15) is 0 Å². The molecular formula is C16H18INO. The predicted octanol–water partition coefficient (Wildman–Crippen LogP) is 4.58. The Morgan fingerprint density at radius 3 is 2.74 bits per heavy atom. The van der Waals surface area contributed by atoms with Crippen LogP contribution in [0.5, 0.6) is 11.5 Å². The van der Waals surface area contributed by atoms with Gasteiger partial charge in [-0.25, -0.2) is 0 Å². The minimum absolute atomic E-state index is 0.841. The molecule has 0 radical (unpaired) electrons. The summed E-state index contributed by atoms with van der Waals surface area (Å²) < 4.78 is 7.15. The van der Waals surface area contributed by atoms with Gasteiger partial charge in [0.25, 0.3) is 0 Å². The minimum atomic E-state index is 0.841. The molecule has 0 heterocycles. The average molecular weight is 367 g/mol. The van der Waals surface area contributed by atoms with E-state index in [1.807, 2.05) is 36.4 Å². The van der Waals surface area contributed by atoms with E-state index in [-0.39, 0.29) is 0 Å². The number of ether oxygens (including phenoxy) is 1. The Morgan fingerprint density at radius 1 is 1.11 bits per heavy atom. The molecule has 0 aliphatic rings. The third-order valence-electron chi connectivity index (χ3n) is 2.74. The molecule has 0 saturated heterocycles. The summed E-state index contributed by atoms with van der Waals surface area (Å²) in [6, 6.07) is 16.3. The Labute approximate surface area is 128 Å². The Bertz CT molecular complexity index is 528. The molecule has 0 amide bonds. The largest absolute Gasteiger partial charge is 0.457 e. The Morgan fingerprint density at radius 2 is 1.95 bits per heavy atom. The van der Waals surface area contributed by atoms with Gasteiger partial charge in [-0.1, -0.05) is 31.2 Å². The summed E-state index contributed by atoms with van der Waals surface area (Å²) in [6.45, 7) is 4.03. The number of nitrogens with one attached hydrogen (secondary N) is 1. The van der Waals surface area contributed by atoms with Gasteiger partial charge < -0.3 is 10.1 Å². The maximum Gasteiger partial charge on any atom is 0.131 e. The summed E-state index contributed by atoms with van der Waals surface area (Å²) in [6.07, 6.45) is 1.14. The van der Waals surface area contributed by atoms with E-state index in [1.165, 1.54) is 9.13 Å². The molecule has 2 aromatic rings. The van der Waals surface area contributed by atoms with Crippen molar-refractivity contribution in [2.75, 3.05) is 6.54 Å². The zero-order valence-corrected chi connectivity index (χ0v) is 13.2. The van der Waals surface area contributed by atoms with Crippen LogP contribution in [0.25, 0.3) is 0 Å². The molecule has 2 rings (SSSR count). The Kier molecular flexibility index (Phi) is 5.66. The van der Waals surface area contributed by atoms with Crippen molar-refractivity contribution in [3.8, 4) is 11.5 Å². The molecule has 100 valence electrons. The minimum Gasteiger partial charge on any atom is -0.457 e. The van der Waals surface area contributed by atoms with E-state index >= 15 is 0 Å². The molecule has 3 heteroatoms. The quantitative estimate of drug-likeness (QED) is 0.596. The molecule has 0 spiro atoms. The number of para-hydroxylation sites is 1. The van der Waals surface area contributed by atoms with Gasteiger partial charge in [-0.05, 0) is 59.8 Å². The number of rotatable bonds is 6. The van der Waals surface area contributed by atoms with Crippen molar-refractivity contribution in [3.05, 3.63) is 57.7 Å². The summed E-state index contributed by atoms with van der Waals surface area (Å²) in [5.41, 5.74) is 1.19. The molecule has 2 aromatic carbocycles. The van der Waals surface area contributed by atoms with E-state index in [1.54, 1.807) is 0 Å². The van der Waals surface area contributed by atoms with Gasteiger partial charge in [0.05, 0.1) is 0 Å². The highest BCUT2D eigenvalue weighted by Crippen LogP contribution is 2.26. The van der Waals surface area contributed by atoms with E-state index in [0.29, 0.717) is 0 Å². The summed E-state index contributed by atoms with van der Waals surface area (Å²) in [5, 5.41) is 3.41. The average Bonchev–Trinajstić information content (AvgIpc) is 2.41. The lowest BCUT2D eigenvalue weighted by atomic mass is 10.2. The van der Waals surface area contributed by atoms with Gasteiger partial charge in [0.1, 0.15) is 11.5 Å². The second-order valence-electron chi connectivity index (χ2n) is 4.34. The maximum absolute atomic E-state index is 5.98. The molecule has 19 heavy (non-hydrogen) atoms. The lowest BCUT2D eigenvalue weighted by Crippen LogP contribution is -2.14. The highest BCUT2D eigenvalue weighted by molar-refractivity contribution is 14.1. The summed E-state index contributed by atoms with van der Waals surface area (Å²) in [7, 11) is 0. The van der Waals surface area contributed by atoms with Crippen molar-refractivity contribution < 1.29 is 4.74 Å². The van der Waals surface area contributed by atoms with Crippen LogP contribution in [0, 0.1) is 3.57 Å². The van der Waals surface area contributed by atoms with Crippen molar-refractivity contribution in [2.24, 2.45) is 0 Å². The number of hydrogen-bond acceptors (Lipinski definition) is 2. The normalized spacial score (nSPS) is 10.4. The van der Waals surface area contributed by atoms with Crippen LogP contribution >= 0.6 is 22.6 Å². The van der Waals surface area contributed by atoms with Crippen molar-refractivity contribution in [3.63, 3.8) is 0 Å². The molecule has 0 aliphatic heterocycles. The first-order chi connectivity index (χ1) is 9.29. The van der Waals surface area contributed by atoms with E-state index in [9.17, 15) is 0 Å². The molecule has 0 bridgehead atoms.